The van der Waals surface area contributed by atoms with Crippen molar-refractivity contribution in [2.45, 2.75) is 5.38 Å². The molecule has 0 aliphatic carbocycles. The molecule has 0 bridgehead atoms. The second kappa shape index (κ2) is 6.06. The van der Waals surface area contributed by atoms with E-state index in [2.05, 4.69) is 15.9 Å². The van der Waals surface area contributed by atoms with E-state index in [0.717, 1.165) is 12.1 Å². The second-order valence-corrected chi connectivity index (χ2v) is 5.39. The molecule has 0 aliphatic rings. The first-order chi connectivity index (χ1) is 9.43. The number of halogens is 5. The normalized spacial score (nSPS) is 12.3. The van der Waals surface area contributed by atoms with E-state index in [1.54, 1.807) is 6.07 Å². The zero-order chi connectivity index (χ0) is 14.9. The number of benzene rings is 2. The van der Waals surface area contributed by atoms with Crippen LogP contribution in [-0.2, 0) is 0 Å². The summed E-state index contributed by atoms with van der Waals surface area (Å²) in [5.74, 6) is -2.38. The fraction of sp³-hybridized carbons (Fsp3) is 0.143. The first-order valence-electron chi connectivity index (χ1n) is 5.56. The molecule has 1 nitrogen and oxygen atoms in total. The van der Waals surface area contributed by atoms with Gasteiger partial charge in [0.25, 0.3) is 0 Å². The number of alkyl halides is 1. The molecule has 2 rings (SSSR count). The minimum atomic E-state index is -1.27. The average molecular weight is 366 g/mol. The Bertz CT molecular complexity index is 625. The summed E-state index contributed by atoms with van der Waals surface area (Å²) in [6.07, 6.45) is 0. The highest BCUT2D eigenvalue weighted by molar-refractivity contribution is 9.10. The highest BCUT2D eigenvalue weighted by atomic mass is 79.9. The Labute approximate surface area is 127 Å². The van der Waals surface area contributed by atoms with Gasteiger partial charge in [-0.15, -0.1) is 11.6 Å². The maximum absolute atomic E-state index is 13.9. The molecular weight excluding hydrogens is 357 g/mol. The third-order valence-corrected chi connectivity index (χ3v) is 3.72. The number of ether oxygens (including phenoxy) is 1. The Kier molecular flexibility index (Phi) is 4.60. The summed E-state index contributed by atoms with van der Waals surface area (Å²) in [5, 5.41) is -1.27. The molecule has 2 aromatic carbocycles. The summed E-state index contributed by atoms with van der Waals surface area (Å²) in [6, 6.07) is 6.12. The predicted molar refractivity (Wildman–Crippen MR) is 74.7 cm³/mol. The summed E-state index contributed by atoms with van der Waals surface area (Å²) in [5.41, 5.74) is -0.411. The van der Waals surface area contributed by atoms with E-state index in [1.165, 1.54) is 19.2 Å². The molecule has 0 saturated heterocycles. The van der Waals surface area contributed by atoms with Crippen molar-refractivity contribution >= 4 is 27.5 Å². The van der Waals surface area contributed by atoms with Gasteiger partial charge >= 0.3 is 0 Å². The molecule has 20 heavy (non-hydrogen) atoms. The maximum atomic E-state index is 13.9. The van der Waals surface area contributed by atoms with E-state index in [1.807, 2.05) is 0 Å². The fourth-order valence-corrected chi connectivity index (χ4v) is 2.50. The lowest BCUT2D eigenvalue weighted by Gasteiger charge is -2.14. The van der Waals surface area contributed by atoms with E-state index in [4.69, 9.17) is 16.3 Å². The molecule has 0 aromatic heterocycles. The maximum Gasteiger partial charge on any atom is 0.134 e. The first kappa shape index (κ1) is 15.2. The average Bonchev–Trinajstić information content (AvgIpc) is 2.37. The van der Waals surface area contributed by atoms with Crippen LogP contribution in [-0.4, -0.2) is 7.11 Å². The molecule has 2 aromatic rings. The van der Waals surface area contributed by atoms with Gasteiger partial charge < -0.3 is 4.74 Å². The van der Waals surface area contributed by atoms with Gasteiger partial charge in [0.1, 0.15) is 23.2 Å². The Morgan fingerprint density at radius 1 is 1.05 bits per heavy atom. The van der Waals surface area contributed by atoms with Crippen molar-refractivity contribution in [1.29, 1.82) is 0 Å². The van der Waals surface area contributed by atoms with Crippen molar-refractivity contribution in [2.75, 3.05) is 7.11 Å². The van der Waals surface area contributed by atoms with Gasteiger partial charge in [-0.05, 0) is 12.1 Å². The van der Waals surface area contributed by atoms with E-state index in [9.17, 15) is 13.2 Å². The van der Waals surface area contributed by atoms with Gasteiger partial charge in [-0.25, -0.2) is 13.2 Å². The smallest absolute Gasteiger partial charge is 0.134 e. The van der Waals surface area contributed by atoms with Crippen LogP contribution < -0.4 is 4.74 Å². The minimum absolute atomic E-state index is 0.00201. The van der Waals surface area contributed by atoms with Crippen molar-refractivity contribution in [2.24, 2.45) is 0 Å². The molecule has 0 fully saturated rings. The van der Waals surface area contributed by atoms with Crippen LogP contribution in [0.15, 0.2) is 34.8 Å². The molecule has 1 atom stereocenters. The van der Waals surface area contributed by atoms with Crippen LogP contribution in [0.5, 0.6) is 5.75 Å². The number of hydrogen-bond acceptors (Lipinski definition) is 1. The molecular formula is C14H9BrClF3O. The molecule has 6 heteroatoms. The summed E-state index contributed by atoms with van der Waals surface area (Å²) >= 11 is 9.12. The molecule has 106 valence electrons. The van der Waals surface area contributed by atoms with Gasteiger partial charge in [0, 0.05) is 27.7 Å². The van der Waals surface area contributed by atoms with Crippen molar-refractivity contribution in [3.05, 3.63) is 63.4 Å². The van der Waals surface area contributed by atoms with Crippen LogP contribution in [0.3, 0.4) is 0 Å². The first-order valence-corrected chi connectivity index (χ1v) is 6.79. The van der Waals surface area contributed by atoms with Crippen LogP contribution in [0.2, 0.25) is 0 Å². The second-order valence-electron chi connectivity index (χ2n) is 4.03. The van der Waals surface area contributed by atoms with Gasteiger partial charge in [-0.1, -0.05) is 22.0 Å². The largest absolute Gasteiger partial charge is 0.497 e. The highest BCUT2D eigenvalue weighted by Crippen LogP contribution is 2.36. The van der Waals surface area contributed by atoms with Crippen LogP contribution in [0.4, 0.5) is 13.2 Å². The van der Waals surface area contributed by atoms with Crippen LogP contribution in [0, 0.1) is 17.5 Å². The molecule has 0 spiro atoms. The zero-order valence-corrected chi connectivity index (χ0v) is 12.6. The lowest BCUT2D eigenvalue weighted by atomic mass is 10.0. The van der Waals surface area contributed by atoms with Gasteiger partial charge in [-0.3, -0.25) is 0 Å². The molecule has 1 unspecified atom stereocenters. The number of methoxy groups -OCH3 is 1. The van der Waals surface area contributed by atoms with Crippen LogP contribution in [0.1, 0.15) is 16.5 Å². The van der Waals surface area contributed by atoms with Crippen molar-refractivity contribution in [1.82, 2.24) is 0 Å². The Morgan fingerprint density at radius 2 is 1.65 bits per heavy atom. The van der Waals surface area contributed by atoms with E-state index in [-0.39, 0.29) is 11.3 Å². The molecule has 0 heterocycles. The zero-order valence-electron chi connectivity index (χ0n) is 10.3. The van der Waals surface area contributed by atoms with Crippen molar-refractivity contribution in [3.8, 4) is 5.75 Å². The fourth-order valence-electron chi connectivity index (χ4n) is 1.78. The minimum Gasteiger partial charge on any atom is -0.497 e. The summed E-state index contributed by atoms with van der Waals surface area (Å²) in [4.78, 5) is 0. The Balaban J connectivity index is 2.50. The third kappa shape index (κ3) is 2.94. The Hall–Kier alpha value is -1.20. The van der Waals surface area contributed by atoms with Crippen LogP contribution in [0.25, 0.3) is 0 Å². The van der Waals surface area contributed by atoms with Gasteiger partial charge in [0.05, 0.1) is 12.5 Å². The van der Waals surface area contributed by atoms with Crippen molar-refractivity contribution < 1.29 is 17.9 Å². The van der Waals surface area contributed by atoms with E-state index in [0.29, 0.717) is 4.47 Å². The lowest BCUT2D eigenvalue weighted by molar-refractivity contribution is 0.405. The van der Waals surface area contributed by atoms with Gasteiger partial charge in [0.2, 0.25) is 0 Å². The van der Waals surface area contributed by atoms with E-state index < -0.39 is 28.4 Å². The monoisotopic (exact) mass is 364 g/mol. The summed E-state index contributed by atoms with van der Waals surface area (Å²) < 4.78 is 46.9. The summed E-state index contributed by atoms with van der Waals surface area (Å²) in [6.45, 7) is 0. The molecule has 0 amide bonds. The third-order valence-electron chi connectivity index (χ3n) is 2.78. The molecule has 0 saturated carbocycles. The molecule has 0 N–H and O–H groups in total. The number of hydrogen-bond donors (Lipinski definition) is 0. The highest BCUT2D eigenvalue weighted by Gasteiger charge is 2.23. The van der Waals surface area contributed by atoms with Gasteiger partial charge in [0.15, 0.2) is 0 Å². The van der Waals surface area contributed by atoms with Gasteiger partial charge in [-0.2, -0.15) is 0 Å². The Morgan fingerprint density at radius 3 is 2.15 bits per heavy atom. The van der Waals surface area contributed by atoms with Crippen molar-refractivity contribution in [3.63, 3.8) is 0 Å². The SMILES string of the molecule is COc1cc(F)c(C(Cl)c2ccc(Br)cc2F)c(F)c1. The van der Waals surface area contributed by atoms with Crippen LogP contribution >= 0.6 is 27.5 Å². The molecule has 0 radical (unpaired) electrons. The quantitative estimate of drug-likeness (QED) is 0.679. The molecule has 0 aliphatic heterocycles. The summed E-state index contributed by atoms with van der Waals surface area (Å²) in [7, 11) is 1.29. The number of rotatable bonds is 3. The van der Waals surface area contributed by atoms with E-state index >= 15 is 0 Å². The predicted octanol–water partition coefficient (Wildman–Crippen LogP) is 5.20. The lowest BCUT2D eigenvalue weighted by Crippen LogP contribution is -2.04. The topological polar surface area (TPSA) is 9.23 Å². The standard InChI is InChI=1S/C14H9BrClF3O/c1-20-8-5-11(18)13(12(19)6-8)14(16)9-3-2-7(15)4-10(9)17/h2-6,14H,1H3.